The summed E-state index contributed by atoms with van der Waals surface area (Å²) in [5.41, 5.74) is 0.858. The lowest BCUT2D eigenvalue weighted by molar-refractivity contribution is -0.297. The van der Waals surface area contributed by atoms with Gasteiger partial charge < -0.3 is 9.90 Å². The Bertz CT molecular complexity index is 262. The summed E-state index contributed by atoms with van der Waals surface area (Å²) in [5.74, 6) is -1.17. The van der Waals surface area contributed by atoms with E-state index in [-0.39, 0.29) is 0 Å². The molecule has 2 nitrogen and oxygen atoms in total. The molecule has 0 saturated carbocycles. The highest BCUT2D eigenvalue weighted by Crippen LogP contribution is 1.99. The fourth-order valence-corrected chi connectivity index (χ4v) is 0.728. The number of aliphatic carboxylic acids is 1. The van der Waals surface area contributed by atoms with Gasteiger partial charge in [-0.2, -0.15) is 0 Å². The summed E-state index contributed by atoms with van der Waals surface area (Å²) in [6.07, 6.45) is 2.50. The van der Waals surface area contributed by atoms with Gasteiger partial charge in [-0.25, -0.2) is 0 Å². The van der Waals surface area contributed by atoms with E-state index in [9.17, 15) is 9.90 Å². The Morgan fingerprint density at radius 1 is 1.27 bits per heavy atom. The molecule has 0 aliphatic carbocycles. The molecule has 0 aliphatic heterocycles. The van der Waals surface area contributed by atoms with E-state index in [2.05, 4.69) is 0 Å². The first-order chi connectivity index (χ1) is 5.29. The van der Waals surface area contributed by atoms with Crippen LogP contribution in [0.25, 0.3) is 6.08 Å². The lowest BCUT2D eigenvalue weighted by Crippen LogP contribution is -2.18. The molecule has 0 spiro atoms. The van der Waals surface area contributed by atoms with Gasteiger partial charge in [-0.05, 0) is 11.6 Å². The summed E-state index contributed by atoms with van der Waals surface area (Å²) in [7, 11) is 0. The summed E-state index contributed by atoms with van der Waals surface area (Å²) in [5, 5.41) is 9.97. The van der Waals surface area contributed by atoms with Crippen molar-refractivity contribution in [3.8, 4) is 0 Å². The molecule has 1 rings (SSSR count). The molecular weight excluding hydrogens is 142 g/mol. The second-order valence-electron chi connectivity index (χ2n) is 2.06. The van der Waals surface area contributed by atoms with Crippen molar-refractivity contribution in [1.82, 2.24) is 0 Å². The maximum atomic E-state index is 9.97. The van der Waals surface area contributed by atoms with Gasteiger partial charge >= 0.3 is 0 Å². The molecule has 0 N–H and O–H groups in total. The minimum Gasteiger partial charge on any atom is -0.545 e. The summed E-state index contributed by atoms with van der Waals surface area (Å²) in [6.45, 7) is 0. The molecule has 2 heteroatoms. The molecule has 1 aromatic carbocycles. The molecule has 0 radical (unpaired) electrons. The van der Waals surface area contributed by atoms with Gasteiger partial charge in [0.25, 0.3) is 0 Å². The van der Waals surface area contributed by atoms with Crippen LogP contribution in [0, 0.1) is 0 Å². The Morgan fingerprint density at radius 3 is 2.45 bits per heavy atom. The van der Waals surface area contributed by atoms with E-state index in [0.29, 0.717) is 0 Å². The zero-order valence-electron chi connectivity index (χ0n) is 5.86. The Morgan fingerprint density at radius 2 is 1.91 bits per heavy atom. The summed E-state index contributed by atoms with van der Waals surface area (Å²) in [6, 6.07) is 9.19. The number of benzene rings is 1. The van der Waals surface area contributed by atoms with Crippen molar-refractivity contribution in [3.63, 3.8) is 0 Å². The monoisotopic (exact) mass is 149 g/mol. The van der Waals surface area contributed by atoms with Crippen molar-refractivity contribution in [2.24, 2.45) is 0 Å². The second-order valence-corrected chi connectivity index (χ2v) is 2.06. The normalized spacial score (nSPS) is 10.2. The number of rotatable bonds is 2. The van der Waals surface area contributed by atoms with E-state index >= 15 is 0 Å². The molecule has 0 aromatic heterocycles. The lowest BCUT2D eigenvalue weighted by Gasteiger charge is -1.91. The van der Waals surface area contributed by atoms with Gasteiger partial charge in [-0.3, -0.25) is 0 Å². The zero-order valence-corrected chi connectivity index (χ0v) is 5.86. The van der Waals surface area contributed by atoms with Crippen molar-refractivity contribution < 1.29 is 9.90 Å². The quantitative estimate of drug-likeness (QED) is 0.573. The molecule has 1 aromatic rings. The molecule has 0 heterocycles. The topological polar surface area (TPSA) is 40.1 Å². The summed E-state index contributed by atoms with van der Waals surface area (Å²) in [4.78, 5) is 9.97. The van der Waals surface area contributed by atoms with Crippen molar-refractivity contribution in [2.75, 3.05) is 0 Å². The Balaban J connectivity index is 2.72. The molecule has 0 bridgehead atoms. The third-order valence-corrected chi connectivity index (χ3v) is 1.21. The van der Waals surface area contributed by atoms with Crippen LogP contribution in [0.5, 0.6) is 0 Å². The summed E-state index contributed by atoms with van der Waals surface area (Å²) >= 11 is 0. The van der Waals surface area contributed by atoms with Gasteiger partial charge in [0, 0.05) is 0 Å². The molecule has 11 heavy (non-hydrogen) atoms. The average Bonchev–Trinajstić information content (AvgIpc) is 2.03. The first-order valence-electron chi connectivity index (χ1n) is 3.23. The lowest BCUT2D eigenvalue weighted by atomic mass is 10.3. The van der Waals surface area contributed by atoms with Crippen LogP contribution >= 0.6 is 0 Å². The molecule has 0 fully saturated rings. The maximum Gasteiger partial charge on any atom is 0.0643 e. The number of carbonyl (C=O) groups excluding carboxylic acids is 1. The van der Waals surface area contributed by atoms with Crippen LogP contribution in [0.15, 0.2) is 36.4 Å². The van der Waals surface area contributed by atoms with E-state index < -0.39 is 5.97 Å². The van der Waals surface area contributed by atoms with Crippen LogP contribution in [0.2, 0.25) is 0 Å². The van der Waals surface area contributed by atoms with Gasteiger partial charge in [0.05, 0.1) is 5.97 Å². The average molecular weight is 149 g/mol. The molecule has 0 amide bonds. The number of carboxylic acid groups (broad SMARTS) is 1. The highest BCUT2D eigenvalue weighted by Gasteiger charge is 1.80. The van der Waals surface area contributed by atoms with Crippen LogP contribution in [0.1, 0.15) is 5.56 Å². The number of carboxylic acids is 1. The number of hydrogen-bond acceptors (Lipinski definition) is 2. The van der Waals surface area contributed by atoms with Crippen LogP contribution < -0.4 is 5.11 Å². The summed E-state index contributed by atoms with van der Waals surface area (Å²) < 4.78 is 0. The van der Waals surface area contributed by atoms with Crippen LogP contribution in [0.3, 0.4) is 0 Å². The predicted octanol–water partition coefficient (Wildman–Crippen LogP) is 0.450. The van der Waals surface area contributed by atoms with E-state index in [4.69, 9.17) is 0 Å². The van der Waals surface area contributed by atoms with Crippen LogP contribution in [0.4, 0.5) is 0 Å². The maximum absolute atomic E-state index is 9.97. The van der Waals surface area contributed by atoms with E-state index in [0.717, 1.165) is 11.6 Å². The first-order valence-corrected chi connectivity index (χ1v) is 3.23. The van der Waals surface area contributed by atoms with Gasteiger partial charge in [0.15, 0.2) is 0 Å². The third-order valence-electron chi connectivity index (χ3n) is 1.21. The zero-order chi connectivity index (χ0) is 8.10. The molecular formula is C9H7O2-. The molecule has 0 atom stereocenters. The van der Waals surface area contributed by atoms with E-state index in [1.54, 1.807) is 0 Å². The van der Waals surface area contributed by atoms with Crippen LogP contribution in [-0.2, 0) is 4.79 Å². The highest BCUT2D eigenvalue weighted by molar-refractivity contribution is 5.83. The smallest absolute Gasteiger partial charge is 0.0643 e. The minimum atomic E-state index is -1.17. The van der Waals surface area contributed by atoms with Crippen molar-refractivity contribution in [2.45, 2.75) is 0 Å². The number of hydrogen-bond donors (Lipinski definition) is 0. The molecule has 0 aliphatic rings. The first kappa shape index (κ1) is 7.54. The van der Waals surface area contributed by atoms with Gasteiger partial charge in [-0.15, -0.1) is 0 Å². The van der Waals surface area contributed by atoms with E-state index in [1.165, 1.54) is 6.08 Å². The fraction of sp³-hybridized carbons (Fsp3) is 0. The Hall–Kier alpha value is -1.57. The SMILES string of the molecule is O=C([O-])/C=C/c1ccc[13cH][13cH]1. The van der Waals surface area contributed by atoms with E-state index in [1.807, 2.05) is 30.3 Å². The van der Waals surface area contributed by atoms with Gasteiger partial charge in [-0.1, -0.05) is 36.4 Å². The molecule has 0 saturated heterocycles. The highest BCUT2D eigenvalue weighted by atomic mass is 16.4. The van der Waals surface area contributed by atoms with Crippen molar-refractivity contribution in [3.05, 3.63) is 42.0 Å². The van der Waals surface area contributed by atoms with Crippen molar-refractivity contribution in [1.29, 1.82) is 0 Å². The van der Waals surface area contributed by atoms with Gasteiger partial charge in [0.1, 0.15) is 0 Å². The van der Waals surface area contributed by atoms with Crippen LogP contribution in [-0.4, -0.2) is 5.97 Å². The van der Waals surface area contributed by atoms with Gasteiger partial charge in [0.2, 0.25) is 0 Å². The Labute approximate surface area is 64.8 Å². The molecule has 56 valence electrons. The molecule has 0 unspecified atom stereocenters. The Kier molecular flexibility index (Phi) is 2.44. The predicted molar refractivity (Wildman–Crippen MR) is 40.5 cm³/mol. The minimum absolute atomic E-state index is 0.858. The third kappa shape index (κ3) is 2.67. The van der Waals surface area contributed by atoms with Crippen molar-refractivity contribution >= 4 is 12.0 Å². The largest absolute Gasteiger partial charge is 0.545 e. The fourth-order valence-electron chi connectivity index (χ4n) is 0.728. The number of carbonyl (C=O) groups is 1. The standard InChI is InChI=1S/C9H8O2/c10-9(11)7-6-8-4-2-1-3-5-8/h1-7H,(H,10,11)/p-1/b7-6+/i2+1,4+1. The second kappa shape index (κ2) is 3.56.